The Bertz CT molecular complexity index is 253. The second-order valence-electron chi connectivity index (χ2n) is 4.25. The van der Waals surface area contributed by atoms with Gasteiger partial charge in [0.1, 0.15) is 0 Å². The van der Waals surface area contributed by atoms with Gasteiger partial charge in [-0.25, -0.2) is 0 Å². The number of unbranched alkanes of at least 4 members (excludes halogenated alkanes) is 3. The number of imide groups is 1. The number of nitrogens with one attached hydrogen (secondary N) is 1. The molecule has 1 saturated heterocycles. The molecule has 1 heterocycles. The first kappa shape index (κ1) is 13.2. The molecule has 1 aliphatic rings. The van der Waals surface area contributed by atoms with E-state index in [1.54, 1.807) is 0 Å². The highest BCUT2D eigenvalue weighted by atomic mass is 16.2. The predicted octanol–water partition coefficient (Wildman–Crippen LogP) is 1.30. The van der Waals surface area contributed by atoms with Gasteiger partial charge in [0.05, 0.1) is 12.5 Å². The summed E-state index contributed by atoms with van der Waals surface area (Å²) in [4.78, 5) is 24.5. The second kappa shape index (κ2) is 6.63. The molecule has 16 heavy (non-hydrogen) atoms. The van der Waals surface area contributed by atoms with E-state index < -0.39 is 0 Å². The molecular weight excluding hydrogens is 204 g/mol. The molecule has 1 rings (SSSR count). The van der Waals surface area contributed by atoms with Gasteiger partial charge >= 0.3 is 0 Å². The van der Waals surface area contributed by atoms with Crippen LogP contribution in [0.3, 0.4) is 0 Å². The molecule has 1 aliphatic heterocycles. The lowest BCUT2D eigenvalue weighted by molar-refractivity contribution is -0.138. The van der Waals surface area contributed by atoms with Gasteiger partial charge in [-0.05, 0) is 19.9 Å². The minimum Gasteiger partial charge on any atom is -0.305 e. The highest BCUT2D eigenvalue weighted by Gasteiger charge is 2.36. The minimum absolute atomic E-state index is 0.0430. The van der Waals surface area contributed by atoms with E-state index in [4.69, 9.17) is 0 Å². The number of carbonyl (C=O) groups is 2. The molecule has 1 fully saturated rings. The summed E-state index contributed by atoms with van der Waals surface area (Å²) in [5.74, 6) is -0.0958. The monoisotopic (exact) mass is 226 g/mol. The van der Waals surface area contributed by atoms with Gasteiger partial charge in [-0.3, -0.25) is 14.5 Å². The molecule has 1 unspecified atom stereocenters. The van der Waals surface area contributed by atoms with Crippen molar-refractivity contribution in [1.29, 1.82) is 0 Å². The van der Waals surface area contributed by atoms with E-state index in [0.29, 0.717) is 13.0 Å². The van der Waals surface area contributed by atoms with Crippen molar-refractivity contribution in [3.05, 3.63) is 0 Å². The van der Waals surface area contributed by atoms with Crippen molar-refractivity contribution < 1.29 is 9.59 Å². The first-order valence-electron chi connectivity index (χ1n) is 6.28. The largest absolute Gasteiger partial charge is 0.305 e. The molecule has 92 valence electrons. The zero-order chi connectivity index (χ0) is 12.0. The van der Waals surface area contributed by atoms with E-state index in [-0.39, 0.29) is 17.9 Å². The van der Waals surface area contributed by atoms with E-state index in [9.17, 15) is 9.59 Å². The zero-order valence-electron chi connectivity index (χ0n) is 10.3. The minimum atomic E-state index is -0.269. The van der Waals surface area contributed by atoms with Crippen LogP contribution >= 0.6 is 0 Å². The topological polar surface area (TPSA) is 49.4 Å². The van der Waals surface area contributed by atoms with Crippen LogP contribution in [0.25, 0.3) is 0 Å². The Morgan fingerprint density at radius 1 is 1.25 bits per heavy atom. The summed E-state index contributed by atoms with van der Waals surface area (Å²) in [6.07, 6.45) is 5.05. The quantitative estimate of drug-likeness (QED) is 0.526. The maximum atomic E-state index is 11.7. The lowest BCUT2D eigenvalue weighted by atomic mass is 10.2. The molecular formula is C12H22N2O2. The number of likely N-dealkylation sites (N-methyl/N-ethyl adjacent to an activating group) is 1. The molecule has 0 radical (unpaired) electrons. The summed E-state index contributed by atoms with van der Waals surface area (Å²) in [5.41, 5.74) is 0. The molecule has 0 aromatic rings. The molecule has 0 aromatic heterocycles. The first-order chi connectivity index (χ1) is 7.70. The predicted molar refractivity (Wildman–Crippen MR) is 62.9 cm³/mol. The molecule has 2 amide bonds. The summed E-state index contributed by atoms with van der Waals surface area (Å²) >= 11 is 0. The molecule has 0 bridgehead atoms. The van der Waals surface area contributed by atoms with Gasteiger partial charge in [0.2, 0.25) is 11.8 Å². The molecule has 1 N–H and O–H groups in total. The maximum absolute atomic E-state index is 11.7. The van der Waals surface area contributed by atoms with Crippen LogP contribution in [0.4, 0.5) is 0 Å². The van der Waals surface area contributed by atoms with Crippen molar-refractivity contribution in [2.45, 2.75) is 52.0 Å². The van der Waals surface area contributed by atoms with Crippen LogP contribution in [0.5, 0.6) is 0 Å². The number of hydrogen-bond donors (Lipinski definition) is 1. The summed E-state index contributed by atoms with van der Waals surface area (Å²) < 4.78 is 0. The summed E-state index contributed by atoms with van der Waals surface area (Å²) in [6, 6.07) is -0.269. The molecule has 0 spiro atoms. The molecule has 4 nitrogen and oxygen atoms in total. The van der Waals surface area contributed by atoms with E-state index >= 15 is 0 Å². The van der Waals surface area contributed by atoms with Crippen LogP contribution in [0, 0.1) is 0 Å². The Balaban J connectivity index is 2.23. The van der Waals surface area contributed by atoms with E-state index in [1.165, 1.54) is 24.2 Å². The number of nitrogens with zero attached hydrogens (tertiary/aromatic N) is 1. The fourth-order valence-corrected chi connectivity index (χ4v) is 2.00. The highest BCUT2D eigenvalue weighted by Crippen LogP contribution is 2.12. The maximum Gasteiger partial charge on any atom is 0.246 e. The average Bonchev–Trinajstić information content (AvgIpc) is 2.53. The Morgan fingerprint density at radius 2 is 2.00 bits per heavy atom. The third-order valence-electron chi connectivity index (χ3n) is 2.98. The first-order valence-corrected chi connectivity index (χ1v) is 6.28. The third kappa shape index (κ3) is 3.30. The van der Waals surface area contributed by atoms with Crippen molar-refractivity contribution in [2.75, 3.05) is 13.1 Å². The Kier molecular flexibility index (Phi) is 5.46. The summed E-state index contributed by atoms with van der Waals surface area (Å²) in [7, 11) is 0. The van der Waals surface area contributed by atoms with E-state index in [2.05, 4.69) is 12.2 Å². The fraction of sp³-hybridized carbons (Fsp3) is 0.833. The average molecular weight is 226 g/mol. The molecule has 0 aromatic carbocycles. The highest BCUT2D eigenvalue weighted by molar-refractivity contribution is 6.05. The number of carbonyl (C=O) groups excluding carboxylic acids is 2. The van der Waals surface area contributed by atoms with Gasteiger partial charge in [-0.15, -0.1) is 0 Å². The SMILES string of the molecule is CCCCCCNC1CC(=O)N(CC)C1=O. The Labute approximate surface area is 97.4 Å². The van der Waals surface area contributed by atoms with Gasteiger partial charge in [-0.1, -0.05) is 26.2 Å². The number of amides is 2. The van der Waals surface area contributed by atoms with Gasteiger partial charge in [0.25, 0.3) is 0 Å². The molecule has 4 heteroatoms. The van der Waals surface area contributed by atoms with E-state index in [0.717, 1.165) is 13.0 Å². The van der Waals surface area contributed by atoms with Crippen molar-refractivity contribution in [3.63, 3.8) is 0 Å². The molecule has 0 aliphatic carbocycles. The molecule has 1 atom stereocenters. The van der Waals surface area contributed by atoms with Crippen LogP contribution in [-0.4, -0.2) is 35.8 Å². The number of hydrogen-bond acceptors (Lipinski definition) is 3. The number of likely N-dealkylation sites (tertiary alicyclic amines) is 1. The van der Waals surface area contributed by atoms with Crippen molar-refractivity contribution >= 4 is 11.8 Å². The third-order valence-corrected chi connectivity index (χ3v) is 2.98. The number of rotatable bonds is 7. The lowest BCUT2D eigenvalue weighted by Crippen LogP contribution is -2.39. The van der Waals surface area contributed by atoms with Crippen molar-refractivity contribution in [1.82, 2.24) is 10.2 Å². The van der Waals surface area contributed by atoms with Gasteiger partial charge in [0, 0.05) is 6.54 Å². The fourth-order valence-electron chi connectivity index (χ4n) is 2.00. The summed E-state index contributed by atoms with van der Waals surface area (Å²) in [6.45, 7) is 5.33. The van der Waals surface area contributed by atoms with Crippen molar-refractivity contribution in [2.24, 2.45) is 0 Å². The van der Waals surface area contributed by atoms with Gasteiger partial charge in [-0.2, -0.15) is 0 Å². The Hall–Kier alpha value is -0.900. The smallest absolute Gasteiger partial charge is 0.246 e. The standard InChI is InChI=1S/C12H22N2O2/c1-3-5-6-7-8-13-10-9-11(15)14(4-2)12(10)16/h10,13H,3-9H2,1-2H3. The van der Waals surface area contributed by atoms with Crippen molar-refractivity contribution in [3.8, 4) is 0 Å². The summed E-state index contributed by atoms with van der Waals surface area (Å²) in [5, 5.41) is 3.17. The van der Waals surface area contributed by atoms with Gasteiger partial charge < -0.3 is 5.32 Å². The zero-order valence-corrected chi connectivity index (χ0v) is 10.3. The van der Waals surface area contributed by atoms with Gasteiger partial charge in [0.15, 0.2) is 0 Å². The normalized spacial score (nSPS) is 20.9. The van der Waals surface area contributed by atoms with Crippen LogP contribution in [0.1, 0.15) is 46.0 Å². The second-order valence-corrected chi connectivity index (χ2v) is 4.25. The van der Waals surface area contributed by atoms with Crippen LogP contribution in [-0.2, 0) is 9.59 Å². The van der Waals surface area contributed by atoms with Crippen LogP contribution < -0.4 is 5.32 Å². The van der Waals surface area contributed by atoms with E-state index in [1.807, 2.05) is 6.92 Å². The van der Waals surface area contributed by atoms with Crippen LogP contribution in [0.15, 0.2) is 0 Å². The lowest BCUT2D eigenvalue weighted by Gasteiger charge is -2.12. The Morgan fingerprint density at radius 3 is 2.56 bits per heavy atom. The molecule has 0 saturated carbocycles. The van der Waals surface area contributed by atoms with Crippen LogP contribution in [0.2, 0.25) is 0 Å².